The number of hydrogen-bond donors (Lipinski definition) is 0. The van der Waals surface area contributed by atoms with Gasteiger partial charge in [0.25, 0.3) is 0 Å². The first-order chi connectivity index (χ1) is 14.0. The number of carbonyl (C=O) groups excluding carboxylic acids is 2. The molecule has 29 heavy (non-hydrogen) atoms. The minimum Gasteiger partial charge on any atom is -0.356 e. The predicted octanol–water partition coefficient (Wildman–Crippen LogP) is 4.34. The number of benzene rings is 2. The van der Waals surface area contributed by atoms with Crippen LogP contribution in [0.1, 0.15) is 40.0 Å². The van der Waals surface area contributed by atoms with Crippen molar-refractivity contribution < 1.29 is 18.5 Å². The van der Waals surface area contributed by atoms with E-state index < -0.39 is 0 Å². The molecule has 0 bridgehead atoms. The molecule has 5 nitrogen and oxygen atoms in total. The molecule has 0 fully saturated rings. The van der Waals surface area contributed by atoms with Crippen molar-refractivity contribution in [1.29, 1.82) is 0 Å². The zero-order chi connectivity index (χ0) is 20.4. The molecule has 3 aromatic rings. The summed E-state index contributed by atoms with van der Waals surface area (Å²) >= 11 is 0. The van der Waals surface area contributed by atoms with Crippen LogP contribution in [0, 0.1) is 12.7 Å². The first kappa shape index (κ1) is 19.1. The molecule has 2 heterocycles. The second kappa shape index (κ2) is 7.99. The van der Waals surface area contributed by atoms with E-state index in [1.807, 2.05) is 19.1 Å². The fraction of sp³-hybridized carbons (Fsp3) is 0.261. The number of ketones is 1. The highest BCUT2D eigenvalue weighted by atomic mass is 19.1. The van der Waals surface area contributed by atoms with Crippen molar-refractivity contribution in [2.75, 3.05) is 6.54 Å². The standard InChI is InChI=1S/C23H21FN2O3/c1-15-2-4-16(5-3-15)21(27)10-11-22(28)26-13-12-20-19(14-26)23(29-25-20)17-6-8-18(24)9-7-17/h2-9H,10-14H2,1H3. The lowest BCUT2D eigenvalue weighted by Crippen LogP contribution is -2.36. The molecule has 0 saturated heterocycles. The van der Waals surface area contributed by atoms with E-state index in [9.17, 15) is 14.0 Å². The lowest BCUT2D eigenvalue weighted by molar-refractivity contribution is -0.132. The maximum atomic E-state index is 13.2. The van der Waals surface area contributed by atoms with Crippen LogP contribution in [0.15, 0.2) is 53.1 Å². The van der Waals surface area contributed by atoms with Crippen LogP contribution in [0.2, 0.25) is 0 Å². The Bertz CT molecular complexity index is 1040. The summed E-state index contributed by atoms with van der Waals surface area (Å²) in [4.78, 5) is 26.8. The number of aryl methyl sites for hydroxylation is 1. The van der Waals surface area contributed by atoms with Gasteiger partial charge in [-0.25, -0.2) is 4.39 Å². The molecule has 1 aliphatic heterocycles. The van der Waals surface area contributed by atoms with Gasteiger partial charge in [-0.15, -0.1) is 0 Å². The topological polar surface area (TPSA) is 63.4 Å². The van der Waals surface area contributed by atoms with E-state index in [-0.39, 0.29) is 30.3 Å². The minimum atomic E-state index is -0.322. The average Bonchev–Trinajstić information content (AvgIpc) is 3.16. The Morgan fingerprint density at radius 2 is 1.79 bits per heavy atom. The van der Waals surface area contributed by atoms with Gasteiger partial charge in [0.15, 0.2) is 11.5 Å². The number of halogens is 1. The van der Waals surface area contributed by atoms with Gasteiger partial charge in [0.1, 0.15) is 5.82 Å². The number of carbonyl (C=O) groups is 2. The quantitative estimate of drug-likeness (QED) is 0.606. The third kappa shape index (κ3) is 4.11. The van der Waals surface area contributed by atoms with Crippen molar-refractivity contribution in [1.82, 2.24) is 10.1 Å². The van der Waals surface area contributed by atoms with Crippen molar-refractivity contribution in [3.8, 4) is 11.3 Å². The Hall–Kier alpha value is -3.28. The number of amides is 1. The van der Waals surface area contributed by atoms with Gasteiger partial charge in [0.05, 0.1) is 12.2 Å². The number of fused-ring (bicyclic) bond motifs is 1. The number of hydrogen-bond acceptors (Lipinski definition) is 4. The summed E-state index contributed by atoms with van der Waals surface area (Å²) in [7, 11) is 0. The SMILES string of the molecule is Cc1ccc(C(=O)CCC(=O)N2CCc3noc(-c4ccc(F)cc4)c3C2)cc1. The van der Waals surface area contributed by atoms with Crippen LogP contribution in [-0.4, -0.2) is 28.3 Å². The molecule has 0 saturated carbocycles. The van der Waals surface area contributed by atoms with Crippen LogP contribution < -0.4 is 0 Å². The van der Waals surface area contributed by atoms with Crippen LogP contribution in [0.5, 0.6) is 0 Å². The highest BCUT2D eigenvalue weighted by molar-refractivity contribution is 5.98. The number of rotatable bonds is 5. The second-order valence-corrected chi connectivity index (χ2v) is 7.30. The molecular weight excluding hydrogens is 371 g/mol. The lowest BCUT2D eigenvalue weighted by atomic mass is 10.0. The van der Waals surface area contributed by atoms with Crippen LogP contribution in [0.25, 0.3) is 11.3 Å². The summed E-state index contributed by atoms with van der Waals surface area (Å²) in [6.45, 7) is 2.89. The highest BCUT2D eigenvalue weighted by Gasteiger charge is 2.27. The Morgan fingerprint density at radius 1 is 1.07 bits per heavy atom. The summed E-state index contributed by atoms with van der Waals surface area (Å²) in [6.07, 6.45) is 0.941. The van der Waals surface area contributed by atoms with Crippen LogP contribution in [-0.2, 0) is 17.8 Å². The van der Waals surface area contributed by atoms with E-state index in [1.54, 1.807) is 29.2 Å². The molecule has 4 rings (SSSR count). The number of nitrogens with zero attached hydrogens (tertiary/aromatic N) is 2. The van der Waals surface area contributed by atoms with Gasteiger partial charge in [-0.05, 0) is 31.2 Å². The Balaban J connectivity index is 1.42. The normalized spacial score (nSPS) is 13.2. The Labute approximate surface area is 168 Å². The van der Waals surface area contributed by atoms with E-state index in [2.05, 4.69) is 5.16 Å². The molecule has 0 atom stereocenters. The maximum absolute atomic E-state index is 13.2. The van der Waals surface area contributed by atoms with Crippen molar-refractivity contribution in [2.45, 2.75) is 32.7 Å². The molecule has 6 heteroatoms. The van der Waals surface area contributed by atoms with Gasteiger partial charge in [-0.1, -0.05) is 35.0 Å². The van der Waals surface area contributed by atoms with E-state index in [0.29, 0.717) is 30.8 Å². The van der Waals surface area contributed by atoms with Crippen LogP contribution in [0.3, 0.4) is 0 Å². The molecule has 1 aliphatic rings. The Morgan fingerprint density at radius 3 is 2.52 bits per heavy atom. The van der Waals surface area contributed by atoms with Gasteiger partial charge in [-0.3, -0.25) is 9.59 Å². The molecule has 148 valence electrons. The van der Waals surface area contributed by atoms with Crippen LogP contribution >= 0.6 is 0 Å². The van der Waals surface area contributed by atoms with Gasteiger partial charge in [0, 0.05) is 42.5 Å². The summed E-state index contributed by atoms with van der Waals surface area (Å²) in [5, 5.41) is 4.11. The molecular formula is C23H21FN2O3. The largest absolute Gasteiger partial charge is 0.356 e. The predicted molar refractivity (Wildman–Crippen MR) is 106 cm³/mol. The Kier molecular flexibility index (Phi) is 5.25. The van der Waals surface area contributed by atoms with Gasteiger partial charge < -0.3 is 9.42 Å². The van der Waals surface area contributed by atoms with Crippen molar-refractivity contribution in [3.63, 3.8) is 0 Å². The van der Waals surface area contributed by atoms with Gasteiger partial charge >= 0.3 is 0 Å². The third-order valence-electron chi connectivity index (χ3n) is 5.24. The minimum absolute atomic E-state index is 0.0342. The summed E-state index contributed by atoms with van der Waals surface area (Å²) in [6, 6.07) is 13.4. The fourth-order valence-corrected chi connectivity index (χ4v) is 3.52. The van der Waals surface area contributed by atoms with Crippen LogP contribution in [0.4, 0.5) is 4.39 Å². The van der Waals surface area contributed by atoms with E-state index >= 15 is 0 Å². The summed E-state index contributed by atoms with van der Waals surface area (Å²) < 4.78 is 18.7. The first-order valence-corrected chi connectivity index (χ1v) is 9.62. The second-order valence-electron chi connectivity index (χ2n) is 7.30. The molecule has 0 spiro atoms. The molecule has 1 aromatic heterocycles. The maximum Gasteiger partial charge on any atom is 0.223 e. The summed E-state index contributed by atoms with van der Waals surface area (Å²) in [5.74, 6) is 0.140. The smallest absolute Gasteiger partial charge is 0.223 e. The molecule has 0 unspecified atom stereocenters. The number of Topliss-reactive ketones (excluding diaryl/α,β-unsaturated/α-hetero) is 1. The third-order valence-corrected chi connectivity index (χ3v) is 5.24. The zero-order valence-corrected chi connectivity index (χ0v) is 16.2. The van der Waals surface area contributed by atoms with Crippen molar-refractivity contribution in [3.05, 3.63) is 76.7 Å². The highest BCUT2D eigenvalue weighted by Crippen LogP contribution is 2.31. The molecule has 0 radical (unpaired) electrons. The average molecular weight is 392 g/mol. The monoisotopic (exact) mass is 392 g/mol. The van der Waals surface area contributed by atoms with Crippen molar-refractivity contribution in [2.24, 2.45) is 0 Å². The molecule has 0 N–H and O–H groups in total. The molecule has 2 aromatic carbocycles. The first-order valence-electron chi connectivity index (χ1n) is 9.62. The van der Waals surface area contributed by atoms with Crippen molar-refractivity contribution >= 4 is 11.7 Å². The van der Waals surface area contributed by atoms with Gasteiger partial charge in [0.2, 0.25) is 5.91 Å². The summed E-state index contributed by atoms with van der Waals surface area (Å²) in [5.41, 5.74) is 4.11. The zero-order valence-electron chi connectivity index (χ0n) is 16.2. The van der Waals surface area contributed by atoms with E-state index in [4.69, 9.17) is 4.52 Å². The van der Waals surface area contributed by atoms with E-state index in [1.165, 1.54) is 12.1 Å². The molecule has 1 amide bonds. The fourth-order valence-electron chi connectivity index (χ4n) is 3.52. The number of aromatic nitrogens is 1. The van der Waals surface area contributed by atoms with Gasteiger partial charge in [-0.2, -0.15) is 0 Å². The lowest BCUT2D eigenvalue weighted by Gasteiger charge is -2.26. The molecule has 0 aliphatic carbocycles. The van der Waals surface area contributed by atoms with E-state index in [0.717, 1.165) is 22.4 Å².